The number of halogens is 1. The van der Waals surface area contributed by atoms with Crippen LogP contribution in [-0.4, -0.2) is 45.3 Å². The molecule has 116 valence electrons. The number of ether oxygens (including phenoxy) is 2. The van der Waals surface area contributed by atoms with Crippen LogP contribution in [0, 0.1) is 5.82 Å². The Morgan fingerprint density at radius 3 is 2.57 bits per heavy atom. The molecular formula is C14H20FN3O3. The SMILES string of the molecule is C[C@H]1C[C@@H](Oc2ncc(F)cn2)CN1C(=O)OC(C)(C)C. The molecular weight excluding hydrogens is 277 g/mol. The van der Waals surface area contributed by atoms with Crippen LogP contribution in [0.1, 0.15) is 34.1 Å². The van der Waals surface area contributed by atoms with Crippen molar-refractivity contribution in [2.24, 2.45) is 0 Å². The van der Waals surface area contributed by atoms with Gasteiger partial charge in [-0.3, -0.25) is 0 Å². The fourth-order valence-corrected chi connectivity index (χ4v) is 2.15. The lowest BCUT2D eigenvalue weighted by atomic mass is 10.2. The van der Waals surface area contributed by atoms with Gasteiger partial charge in [-0.1, -0.05) is 0 Å². The molecule has 0 aliphatic carbocycles. The second-order valence-electron chi connectivity index (χ2n) is 6.14. The predicted octanol–water partition coefficient (Wildman–Crippen LogP) is 2.39. The van der Waals surface area contributed by atoms with Crippen molar-refractivity contribution >= 4 is 6.09 Å². The van der Waals surface area contributed by atoms with Gasteiger partial charge in [-0.2, -0.15) is 0 Å². The molecule has 2 atom stereocenters. The molecule has 0 aromatic carbocycles. The molecule has 7 heteroatoms. The molecule has 0 N–H and O–H groups in total. The van der Waals surface area contributed by atoms with Gasteiger partial charge in [-0.15, -0.1) is 0 Å². The van der Waals surface area contributed by atoms with Crippen LogP contribution in [0.4, 0.5) is 9.18 Å². The first-order valence-corrected chi connectivity index (χ1v) is 6.88. The molecule has 6 nitrogen and oxygen atoms in total. The Labute approximate surface area is 123 Å². The third-order valence-corrected chi connectivity index (χ3v) is 3.03. The van der Waals surface area contributed by atoms with Crippen LogP contribution >= 0.6 is 0 Å². The summed E-state index contributed by atoms with van der Waals surface area (Å²) in [6, 6.07) is 0.116. The zero-order valence-electron chi connectivity index (χ0n) is 12.7. The third kappa shape index (κ3) is 4.27. The molecule has 21 heavy (non-hydrogen) atoms. The van der Waals surface area contributed by atoms with E-state index in [1.54, 1.807) is 4.90 Å². The molecule has 1 aromatic heterocycles. The highest BCUT2D eigenvalue weighted by atomic mass is 19.1. The average molecular weight is 297 g/mol. The largest absolute Gasteiger partial charge is 0.458 e. The molecule has 1 aliphatic heterocycles. The summed E-state index contributed by atoms with van der Waals surface area (Å²) in [5.41, 5.74) is -0.532. The van der Waals surface area contributed by atoms with Crippen molar-refractivity contribution in [2.75, 3.05) is 6.54 Å². The van der Waals surface area contributed by atoms with E-state index < -0.39 is 11.4 Å². The Bertz CT molecular complexity index is 501. The van der Waals surface area contributed by atoms with Crippen LogP contribution in [0.15, 0.2) is 12.4 Å². The summed E-state index contributed by atoms with van der Waals surface area (Å²) in [5.74, 6) is -0.516. The number of amides is 1. The lowest BCUT2D eigenvalue weighted by molar-refractivity contribution is 0.0223. The van der Waals surface area contributed by atoms with E-state index in [4.69, 9.17) is 9.47 Å². The van der Waals surface area contributed by atoms with Gasteiger partial charge in [0.15, 0.2) is 5.82 Å². The Morgan fingerprint density at radius 2 is 2.00 bits per heavy atom. The van der Waals surface area contributed by atoms with Crippen LogP contribution in [-0.2, 0) is 4.74 Å². The van der Waals surface area contributed by atoms with E-state index >= 15 is 0 Å². The van der Waals surface area contributed by atoms with Gasteiger partial charge in [-0.05, 0) is 27.7 Å². The minimum Gasteiger partial charge on any atom is -0.458 e. The monoisotopic (exact) mass is 297 g/mol. The van der Waals surface area contributed by atoms with Crippen molar-refractivity contribution in [1.82, 2.24) is 14.9 Å². The molecule has 0 bridgehead atoms. The fraction of sp³-hybridized carbons (Fsp3) is 0.643. The molecule has 0 spiro atoms. The summed E-state index contributed by atoms with van der Waals surface area (Å²) < 4.78 is 23.7. The number of aromatic nitrogens is 2. The first kappa shape index (κ1) is 15.5. The Morgan fingerprint density at radius 1 is 1.38 bits per heavy atom. The molecule has 1 aliphatic rings. The van der Waals surface area contributed by atoms with Crippen molar-refractivity contribution < 1.29 is 18.7 Å². The summed E-state index contributed by atoms with van der Waals surface area (Å²) >= 11 is 0. The average Bonchev–Trinajstić information content (AvgIpc) is 2.71. The Kier molecular flexibility index (Phi) is 4.29. The quantitative estimate of drug-likeness (QED) is 0.838. The van der Waals surface area contributed by atoms with Crippen LogP contribution < -0.4 is 4.74 Å². The Balaban J connectivity index is 1.94. The van der Waals surface area contributed by atoms with Gasteiger partial charge in [0.25, 0.3) is 0 Å². The summed E-state index contributed by atoms with van der Waals surface area (Å²) in [5, 5.41) is 0. The van der Waals surface area contributed by atoms with Crippen LogP contribution in [0.3, 0.4) is 0 Å². The van der Waals surface area contributed by atoms with E-state index in [1.165, 1.54) is 0 Å². The minimum absolute atomic E-state index is 0.00491. The first-order chi connectivity index (χ1) is 9.74. The van der Waals surface area contributed by atoms with Crippen LogP contribution in [0.2, 0.25) is 0 Å². The summed E-state index contributed by atoms with van der Waals surface area (Å²) in [6.07, 6.45) is 2.16. The number of carbonyl (C=O) groups is 1. The lowest BCUT2D eigenvalue weighted by Crippen LogP contribution is -2.39. The smallest absolute Gasteiger partial charge is 0.410 e. The molecule has 1 aromatic rings. The third-order valence-electron chi connectivity index (χ3n) is 3.03. The van der Waals surface area contributed by atoms with E-state index in [-0.39, 0.29) is 24.2 Å². The highest BCUT2D eigenvalue weighted by Crippen LogP contribution is 2.23. The van der Waals surface area contributed by atoms with Crippen molar-refractivity contribution in [3.8, 4) is 6.01 Å². The number of rotatable bonds is 2. The topological polar surface area (TPSA) is 64.6 Å². The van der Waals surface area contributed by atoms with Gasteiger partial charge < -0.3 is 14.4 Å². The van der Waals surface area contributed by atoms with Gasteiger partial charge >= 0.3 is 12.1 Å². The summed E-state index contributed by atoms with van der Waals surface area (Å²) in [7, 11) is 0. The van der Waals surface area contributed by atoms with Crippen LogP contribution in [0.25, 0.3) is 0 Å². The van der Waals surface area contributed by atoms with Gasteiger partial charge in [-0.25, -0.2) is 19.2 Å². The maximum Gasteiger partial charge on any atom is 0.410 e. The Hall–Kier alpha value is -1.92. The van der Waals surface area contributed by atoms with Gasteiger partial charge in [0.05, 0.1) is 18.9 Å². The zero-order valence-corrected chi connectivity index (χ0v) is 12.7. The van der Waals surface area contributed by atoms with E-state index in [9.17, 15) is 9.18 Å². The molecule has 0 radical (unpaired) electrons. The van der Waals surface area contributed by atoms with Crippen molar-refractivity contribution in [3.63, 3.8) is 0 Å². The van der Waals surface area contributed by atoms with E-state index in [0.29, 0.717) is 13.0 Å². The van der Waals surface area contributed by atoms with E-state index in [2.05, 4.69) is 9.97 Å². The van der Waals surface area contributed by atoms with Gasteiger partial charge in [0.1, 0.15) is 11.7 Å². The number of hydrogen-bond donors (Lipinski definition) is 0. The minimum atomic E-state index is -0.532. The number of likely N-dealkylation sites (tertiary alicyclic amines) is 1. The highest BCUT2D eigenvalue weighted by Gasteiger charge is 2.36. The van der Waals surface area contributed by atoms with Crippen molar-refractivity contribution in [1.29, 1.82) is 0 Å². The fourth-order valence-electron chi connectivity index (χ4n) is 2.15. The maximum absolute atomic E-state index is 12.7. The molecule has 2 heterocycles. The molecule has 1 saturated heterocycles. The highest BCUT2D eigenvalue weighted by molar-refractivity contribution is 5.69. The molecule has 1 fully saturated rings. The molecule has 1 amide bonds. The number of hydrogen-bond acceptors (Lipinski definition) is 5. The second-order valence-corrected chi connectivity index (χ2v) is 6.14. The normalized spacial score (nSPS) is 22.2. The van der Waals surface area contributed by atoms with Gasteiger partial charge in [0, 0.05) is 12.5 Å². The zero-order chi connectivity index (χ0) is 15.6. The van der Waals surface area contributed by atoms with Gasteiger partial charge in [0.2, 0.25) is 0 Å². The standard InChI is InChI=1S/C14H20FN3O3/c1-9-5-11(20-12-16-6-10(15)7-17-12)8-18(9)13(19)21-14(2,3)4/h6-7,9,11H,5,8H2,1-4H3/t9-,11+/m0/s1. The predicted molar refractivity (Wildman–Crippen MR) is 73.4 cm³/mol. The first-order valence-electron chi connectivity index (χ1n) is 6.88. The maximum atomic E-state index is 12.7. The van der Waals surface area contributed by atoms with Crippen molar-refractivity contribution in [3.05, 3.63) is 18.2 Å². The molecule has 0 unspecified atom stereocenters. The number of nitrogens with zero attached hydrogens (tertiary/aromatic N) is 3. The summed E-state index contributed by atoms with van der Waals surface area (Å²) in [6.45, 7) is 7.81. The second kappa shape index (κ2) is 5.83. The number of carbonyl (C=O) groups excluding carboxylic acids is 1. The van der Waals surface area contributed by atoms with E-state index in [1.807, 2.05) is 27.7 Å². The summed E-state index contributed by atoms with van der Waals surface area (Å²) in [4.78, 5) is 21.2. The van der Waals surface area contributed by atoms with Crippen LogP contribution in [0.5, 0.6) is 6.01 Å². The molecule has 2 rings (SSSR count). The van der Waals surface area contributed by atoms with E-state index in [0.717, 1.165) is 12.4 Å². The lowest BCUT2D eigenvalue weighted by Gasteiger charge is -2.26. The van der Waals surface area contributed by atoms with Crippen molar-refractivity contribution in [2.45, 2.75) is 51.9 Å². The molecule has 0 saturated carbocycles.